The molecule has 2 aromatic carbocycles. The topological polar surface area (TPSA) is 107 Å². The van der Waals surface area contributed by atoms with Gasteiger partial charge >= 0.3 is 0 Å². The van der Waals surface area contributed by atoms with Crippen molar-refractivity contribution in [1.29, 1.82) is 0 Å². The molecule has 1 aliphatic rings. The minimum absolute atomic E-state index is 0.0169. The first kappa shape index (κ1) is 15.7. The van der Waals surface area contributed by atoms with Crippen molar-refractivity contribution in [3.63, 3.8) is 0 Å². The average molecular weight is 328 g/mol. The Morgan fingerprint density at radius 3 is 2.38 bits per heavy atom. The highest BCUT2D eigenvalue weighted by Crippen LogP contribution is 2.44. The predicted molar refractivity (Wildman–Crippen MR) is 86.8 cm³/mol. The first-order valence-corrected chi connectivity index (χ1v) is 7.26. The third-order valence-corrected chi connectivity index (χ3v) is 4.10. The van der Waals surface area contributed by atoms with E-state index in [0.717, 1.165) is 0 Å². The first-order valence-electron chi connectivity index (χ1n) is 7.26. The molecule has 6 nitrogen and oxygen atoms in total. The molecule has 2 aromatic rings. The van der Waals surface area contributed by atoms with Gasteiger partial charge in [0.15, 0.2) is 17.3 Å². The van der Waals surface area contributed by atoms with Crippen LogP contribution in [-0.4, -0.2) is 32.8 Å². The summed E-state index contributed by atoms with van der Waals surface area (Å²) in [6.07, 6.45) is 1.52. The number of phenols is 4. The Morgan fingerprint density at radius 1 is 1.00 bits per heavy atom. The number of hydrogen-bond donors (Lipinski definition) is 4. The molecule has 1 aliphatic heterocycles. The summed E-state index contributed by atoms with van der Waals surface area (Å²) in [6.45, 7) is 3.10. The summed E-state index contributed by atoms with van der Waals surface area (Å²) in [5.41, 5.74) is 1.42. The Hall–Kier alpha value is -3.15. The maximum atomic E-state index is 12.7. The maximum absolute atomic E-state index is 12.7. The van der Waals surface area contributed by atoms with Crippen molar-refractivity contribution in [2.24, 2.45) is 0 Å². The third kappa shape index (κ3) is 2.32. The smallest absolute Gasteiger partial charge is 0.199 e. The average Bonchev–Trinajstić information content (AvgIpc) is 2.56. The fraction of sp³-hybridized carbons (Fsp3) is 0.167. The molecule has 24 heavy (non-hydrogen) atoms. The van der Waals surface area contributed by atoms with Gasteiger partial charge in [-0.3, -0.25) is 4.79 Å². The van der Waals surface area contributed by atoms with Crippen molar-refractivity contribution in [2.75, 3.05) is 6.61 Å². The molecule has 0 saturated heterocycles. The van der Waals surface area contributed by atoms with E-state index in [0.29, 0.717) is 11.1 Å². The Balaban J connectivity index is 2.10. The molecule has 4 N–H and O–H groups in total. The lowest BCUT2D eigenvalue weighted by Gasteiger charge is -2.23. The van der Waals surface area contributed by atoms with Gasteiger partial charge in [0.2, 0.25) is 0 Å². The monoisotopic (exact) mass is 328 g/mol. The zero-order chi connectivity index (χ0) is 17.6. The van der Waals surface area contributed by atoms with Crippen LogP contribution in [0.5, 0.6) is 28.7 Å². The van der Waals surface area contributed by atoms with Crippen LogP contribution in [0, 0.1) is 13.8 Å². The SMILES string of the molecule is Cc1c(O)c(C)c2c(c1O)C(=O)/C(=C/c1ccc(O)c(O)c1)CO2. The lowest BCUT2D eigenvalue weighted by atomic mass is 9.93. The standard InChI is InChI=1S/C18H16O6/c1-8-15(21)9(2)18-14(16(8)22)17(23)11(7-24-18)5-10-3-4-12(19)13(20)6-10/h3-6,19-22H,7H2,1-2H3/b11-5+. The van der Waals surface area contributed by atoms with E-state index in [9.17, 15) is 25.2 Å². The quantitative estimate of drug-likeness (QED) is 0.474. The van der Waals surface area contributed by atoms with Crippen LogP contribution in [0.4, 0.5) is 0 Å². The first-order chi connectivity index (χ1) is 11.3. The van der Waals surface area contributed by atoms with Crippen molar-refractivity contribution in [3.8, 4) is 28.7 Å². The highest BCUT2D eigenvalue weighted by molar-refractivity contribution is 6.16. The van der Waals surface area contributed by atoms with Crippen molar-refractivity contribution >= 4 is 11.9 Å². The van der Waals surface area contributed by atoms with E-state index in [2.05, 4.69) is 0 Å². The minimum atomic E-state index is -0.410. The summed E-state index contributed by atoms with van der Waals surface area (Å²) in [7, 11) is 0. The van der Waals surface area contributed by atoms with Gasteiger partial charge in [0.25, 0.3) is 0 Å². The minimum Gasteiger partial charge on any atom is -0.507 e. The maximum Gasteiger partial charge on any atom is 0.199 e. The zero-order valence-corrected chi connectivity index (χ0v) is 13.1. The second-order valence-corrected chi connectivity index (χ2v) is 5.69. The van der Waals surface area contributed by atoms with Crippen molar-refractivity contribution in [1.82, 2.24) is 0 Å². The van der Waals surface area contributed by atoms with E-state index in [4.69, 9.17) is 4.74 Å². The number of hydrogen-bond acceptors (Lipinski definition) is 6. The largest absolute Gasteiger partial charge is 0.507 e. The molecule has 0 spiro atoms. The van der Waals surface area contributed by atoms with Crippen molar-refractivity contribution in [2.45, 2.75) is 13.8 Å². The molecule has 6 heteroatoms. The summed E-state index contributed by atoms with van der Waals surface area (Å²) in [5.74, 6) is -1.20. The number of fused-ring (bicyclic) bond motifs is 1. The van der Waals surface area contributed by atoms with Gasteiger partial charge in [0, 0.05) is 16.7 Å². The molecule has 0 saturated carbocycles. The number of ether oxygens (including phenoxy) is 1. The summed E-state index contributed by atoms with van der Waals surface area (Å²) >= 11 is 0. The number of Topliss-reactive ketones (excluding diaryl/α,β-unsaturated/α-hetero) is 1. The van der Waals surface area contributed by atoms with E-state index < -0.39 is 5.78 Å². The van der Waals surface area contributed by atoms with Crippen molar-refractivity contribution < 1.29 is 30.0 Å². The number of aromatic hydroxyl groups is 4. The molecule has 0 unspecified atom stereocenters. The van der Waals surface area contributed by atoms with Gasteiger partial charge in [-0.2, -0.15) is 0 Å². The number of carbonyl (C=O) groups is 1. The normalized spacial score (nSPS) is 15.2. The fourth-order valence-corrected chi connectivity index (χ4v) is 2.69. The molecule has 3 rings (SSSR count). The van der Waals surface area contributed by atoms with E-state index in [1.807, 2.05) is 0 Å². The van der Waals surface area contributed by atoms with E-state index in [-0.39, 0.29) is 52.1 Å². The van der Waals surface area contributed by atoms with Gasteiger partial charge in [-0.15, -0.1) is 0 Å². The molecular formula is C18H16O6. The van der Waals surface area contributed by atoms with Crippen LogP contribution >= 0.6 is 0 Å². The van der Waals surface area contributed by atoms with Gasteiger partial charge in [0.05, 0.1) is 0 Å². The number of rotatable bonds is 1. The second-order valence-electron chi connectivity index (χ2n) is 5.69. The van der Waals surface area contributed by atoms with Gasteiger partial charge in [-0.25, -0.2) is 0 Å². The van der Waals surface area contributed by atoms with Gasteiger partial charge in [-0.1, -0.05) is 6.07 Å². The van der Waals surface area contributed by atoms with E-state index in [1.165, 1.54) is 31.2 Å². The van der Waals surface area contributed by atoms with Crippen LogP contribution in [0.25, 0.3) is 6.08 Å². The van der Waals surface area contributed by atoms with E-state index >= 15 is 0 Å². The summed E-state index contributed by atoms with van der Waals surface area (Å²) in [4.78, 5) is 12.7. The fourth-order valence-electron chi connectivity index (χ4n) is 2.69. The van der Waals surface area contributed by atoms with Gasteiger partial charge < -0.3 is 25.2 Å². The lowest BCUT2D eigenvalue weighted by molar-refractivity contribution is 0.0996. The van der Waals surface area contributed by atoms with Crippen LogP contribution in [0.15, 0.2) is 23.8 Å². The number of phenolic OH excluding ortho intramolecular Hbond substituents is 4. The van der Waals surface area contributed by atoms with Crippen LogP contribution in [0.3, 0.4) is 0 Å². The summed E-state index contributed by atoms with van der Waals surface area (Å²) < 4.78 is 5.56. The summed E-state index contributed by atoms with van der Waals surface area (Å²) in [6, 6.07) is 4.17. The molecule has 0 radical (unpaired) electrons. The highest BCUT2D eigenvalue weighted by atomic mass is 16.5. The van der Waals surface area contributed by atoms with Crippen molar-refractivity contribution in [3.05, 3.63) is 46.0 Å². The van der Waals surface area contributed by atoms with Crippen LogP contribution in [-0.2, 0) is 0 Å². The molecule has 0 aromatic heterocycles. The Kier molecular flexibility index (Phi) is 3.60. The third-order valence-electron chi connectivity index (χ3n) is 4.10. The molecular weight excluding hydrogens is 312 g/mol. The predicted octanol–water partition coefficient (Wildman–Crippen LogP) is 2.78. The molecule has 124 valence electrons. The number of carbonyl (C=O) groups excluding carboxylic acids is 1. The van der Waals surface area contributed by atoms with Gasteiger partial charge in [0.1, 0.15) is 29.4 Å². The molecule has 0 amide bonds. The molecule has 0 bridgehead atoms. The van der Waals surface area contributed by atoms with Crippen LogP contribution in [0.1, 0.15) is 27.0 Å². The molecule has 0 aliphatic carbocycles. The van der Waals surface area contributed by atoms with Crippen LogP contribution in [0.2, 0.25) is 0 Å². The number of benzene rings is 2. The molecule has 0 atom stereocenters. The summed E-state index contributed by atoms with van der Waals surface area (Å²) in [5, 5.41) is 39.1. The Labute approximate surface area is 137 Å². The zero-order valence-electron chi connectivity index (χ0n) is 13.1. The van der Waals surface area contributed by atoms with E-state index in [1.54, 1.807) is 6.92 Å². The van der Waals surface area contributed by atoms with Crippen LogP contribution < -0.4 is 4.74 Å². The van der Waals surface area contributed by atoms with Gasteiger partial charge in [-0.05, 0) is 37.6 Å². The highest BCUT2D eigenvalue weighted by Gasteiger charge is 2.31. The lowest BCUT2D eigenvalue weighted by Crippen LogP contribution is -2.20. The number of ketones is 1. The second kappa shape index (κ2) is 5.49. The molecule has 1 heterocycles. The Bertz CT molecular complexity index is 895. The molecule has 0 fully saturated rings. The Morgan fingerprint density at radius 2 is 1.71 bits per heavy atom.